The largest absolute Gasteiger partial charge is 0.450 e. The van der Waals surface area contributed by atoms with E-state index < -0.39 is 0 Å². The number of carbonyl (C=O) groups is 1. The normalized spacial score (nSPS) is 19.6. The highest BCUT2D eigenvalue weighted by Gasteiger charge is 2.23. The number of hydrogen-bond donors (Lipinski definition) is 1. The van der Waals surface area contributed by atoms with Gasteiger partial charge >= 0.3 is 6.09 Å². The van der Waals surface area contributed by atoms with Crippen LogP contribution in [0, 0.1) is 0 Å². The van der Waals surface area contributed by atoms with Crippen LogP contribution in [0.15, 0.2) is 30.3 Å². The fourth-order valence-corrected chi connectivity index (χ4v) is 2.24. The number of benzene rings is 1. The molecule has 1 N–H and O–H groups in total. The average molecular weight is 248 g/mol. The van der Waals surface area contributed by atoms with Crippen LogP contribution in [0.4, 0.5) is 4.79 Å². The third-order valence-electron chi connectivity index (χ3n) is 3.11. The summed E-state index contributed by atoms with van der Waals surface area (Å²) in [5, 5.41) is 3.45. The van der Waals surface area contributed by atoms with Crippen molar-refractivity contribution < 1.29 is 9.53 Å². The lowest BCUT2D eigenvalue weighted by molar-refractivity contribution is 0.0947. The Hall–Kier alpha value is -1.55. The van der Waals surface area contributed by atoms with Gasteiger partial charge in [0.1, 0.15) is 0 Å². The molecule has 1 aromatic carbocycles. The summed E-state index contributed by atoms with van der Waals surface area (Å²) in [5.74, 6) is 0. The Morgan fingerprint density at radius 2 is 2.22 bits per heavy atom. The maximum absolute atomic E-state index is 11.7. The second kappa shape index (κ2) is 6.40. The first kappa shape index (κ1) is 12.9. The van der Waals surface area contributed by atoms with Crippen LogP contribution in [0.25, 0.3) is 0 Å². The second-order valence-electron chi connectivity index (χ2n) is 4.49. The fraction of sp³-hybridized carbons (Fsp3) is 0.500. The molecule has 2 rings (SSSR count). The predicted octanol–water partition coefficient (Wildman–Crippen LogP) is 1.66. The number of nitrogens with one attached hydrogen (secondary N) is 1. The van der Waals surface area contributed by atoms with E-state index in [0.717, 1.165) is 19.5 Å². The van der Waals surface area contributed by atoms with E-state index in [4.69, 9.17) is 4.74 Å². The number of nitrogens with zero attached hydrogens (tertiary/aromatic N) is 1. The van der Waals surface area contributed by atoms with Gasteiger partial charge < -0.3 is 15.0 Å². The smallest absolute Gasteiger partial charge is 0.409 e. The minimum absolute atomic E-state index is 0.197. The van der Waals surface area contributed by atoms with E-state index in [9.17, 15) is 4.79 Å². The molecule has 0 saturated carbocycles. The van der Waals surface area contributed by atoms with Crippen LogP contribution >= 0.6 is 0 Å². The molecule has 0 radical (unpaired) electrons. The first-order valence-corrected chi connectivity index (χ1v) is 6.48. The van der Waals surface area contributed by atoms with Gasteiger partial charge in [0, 0.05) is 25.7 Å². The molecule has 98 valence electrons. The summed E-state index contributed by atoms with van der Waals surface area (Å²) in [6, 6.07) is 10.6. The molecule has 1 aliphatic rings. The van der Waals surface area contributed by atoms with E-state index >= 15 is 0 Å². The lowest BCUT2D eigenvalue weighted by atomic mass is 10.0. The monoisotopic (exact) mass is 248 g/mol. The lowest BCUT2D eigenvalue weighted by Crippen LogP contribution is -2.53. The highest BCUT2D eigenvalue weighted by molar-refractivity contribution is 5.67. The summed E-state index contributed by atoms with van der Waals surface area (Å²) in [6.45, 7) is 4.54. The number of rotatable bonds is 3. The van der Waals surface area contributed by atoms with E-state index in [1.165, 1.54) is 5.56 Å². The molecule has 1 amide bonds. The lowest BCUT2D eigenvalue weighted by Gasteiger charge is -2.33. The van der Waals surface area contributed by atoms with Crippen molar-refractivity contribution in [3.8, 4) is 0 Å². The molecule has 1 unspecified atom stereocenters. The van der Waals surface area contributed by atoms with Crippen molar-refractivity contribution >= 4 is 6.09 Å². The van der Waals surface area contributed by atoms with Gasteiger partial charge in [0.05, 0.1) is 6.61 Å². The molecule has 0 bridgehead atoms. The summed E-state index contributed by atoms with van der Waals surface area (Å²) in [5.41, 5.74) is 1.29. The zero-order valence-corrected chi connectivity index (χ0v) is 10.8. The minimum atomic E-state index is -0.197. The maximum atomic E-state index is 11.7. The van der Waals surface area contributed by atoms with Crippen LogP contribution in [-0.2, 0) is 11.2 Å². The van der Waals surface area contributed by atoms with Crippen LogP contribution < -0.4 is 5.32 Å². The standard InChI is InChI=1S/C14H20N2O2/c1-2-18-14(17)16-9-8-15-13(11-16)10-12-6-4-3-5-7-12/h3-7,13,15H,2,8-11H2,1H3. The first-order chi connectivity index (χ1) is 8.79. The van der Waals surface area contributed by atoms with E-state index in [1.54, 1.807) is 4.90 Å². The zero-order chi connectivity index (χ0) is 12.8. The van der Waals surface area contributed by atoms with E-state index in [0.29, 0.717) is 19.2 Å². The van der Waals surface area contributed by atoms with Crippen LogP contribution in [0.3, 0.4) is 0 Å². The summed E-state index contributed by atoms with van der Waals surface area (Å²) >= 11 is 0. The Balaban J connectivity index is 1.89. The summed E-state index contributed by atoms with van der Waals surface area (Å²) in [6.07, 6.45) is 0.744. The Bertz CT molecular complexity index is 381. The third kappa shape index (κ3) is 3.47. The molecule has 1 atom stereocenters. The molecule has 0 spiro atoms. The molecule has 1 saturated heterocycles. The minimum Gasteiger partial charge on any atom is -0.450 e. The summed E-state index contributed by atoms with van der Waals surface area (Å²) < 4.78 is 5.04. The van der Waals surface area contributed by atoms with Gasteiger partial charge in [-0.05, 0) is 18.9 Å². The molecule has 18 heavy (non-hydrogen) atoms. The molecular weight excluding hydrogens is 228 g/mol. The van der Waals surface area contributed by atoms with E-state index in [2.05, 4.69) is 17.4 Å². The molecule has 1 aliphatic heterocycles. The Kier molecular flexibility index (Phi) is 4.59. The number of carbonyl (C=O) groups excluding carboxylic acids is 1. The molecule has 1 heterocycles. The maximum Gasteiger partial charge on any atom is 0.409 e. The summed E-state index contributed by atoms with van der Waals surface area (Å²) in [4.78, 5) is 13.5. The van der Waals surface area contributed by atoms with Gasteiger partial charge in [0.2, 0.25) is 0 Å². The number of amides is 1. The van der Waals surface area contributed by atoms with E-state index in [1.807, 2.05) is 25.1 Å². The highest BCUT2D eigenvalue weighted by atomic mass is 16.6. The number of ether oxygens (including phenoxy) is 1. The third-order valence-corrected chi connectivity index (χ3v) is 3.11. The van der Waals surface area contributed by atoms with Crippen molar-refractivity contribution in [2.75, 3.05) is 26.2 Å². The Labute approximate surface area is 108 Å². The van der Waals surface area contributed by atoms with Crippen molar-refractivity contribution in [1.82, 2.24) is 10.2 Å². The highest BCUT2D eigenvalue weighted by Crippen LogP contribution is 2.08. The van der Waals surface area contributed by atoms with E-state index in [-0.39, 0.29) is 6.09 Å². The molecule has 0 aliphatic carbocycles. The van der Waals surface area contributed by atoms with Gasteiger partial charge in [0.25, 0.3) is 0 Å². The summed E-state index contributed by atoms with van der Waals surface area (Å²) in [7, 11) is 0. The predicted molar refractivity (Wildman–Crippen MR) is 70.5 cm³/mol. The van der Waals surface area contributed by atoms with Crippen molar-refractivity contribution in [3.05, 3.63) is 35.9 Å². The first-order valence-electron chi connectivity index (χ1n) is 6.48. The van der Waals surface area contributed by atoms with Gasteiger partial charge in [-0.25, -0.2) is 4.79 Å². The molecule has 1 aromatic rings. The van der Waals surface area contributed by atoms with Crippen LogP contribution in [0.2, 0.25) is 0 Å². The van der Waals surface area contributed by atoms with Crippen molar-refractivity contribution in [2.24, 2.45) is 0 Å². The SMILES string of the molecule is CCOC(=O)N1CCNC(Cc2ccccc2)C1. The fourth-order valence-electron chi connectivity index (χ4n) is 2.24. The van der Waals surface area contributed by atoms with Crippen molar-refractivity contribution in [2.45, 2.75) is 19.4 Å². The zero-order valence-electron chi connectivity index (χ0n) is 10.8. The molecule has 4 heteroatoms. The average Bonchev–Trinajstić information content (AvgIpc) is 2.40. The van der Waals surface area contributed by atoms with Crippen molar-refractivity contribution in [1.29, 1.82) is 0 Å². The molecule has 4 nitrogen and oxygen atoms in total. The number of hydrogen-bond acceptors (Lipinski definition) is 3. The molecule has 1 fully saturated rings. The Morgan fingerprint density at radius 1 is 1.44 bits per heavy atom. The molecule has 0 aromatic heterocycles. The Morgan fingerprint density at radius 3 is 2.94 bits per heavy atom. The van der Waals surface area contributed by atoms with Crippen LogP contribution in [-0.4, -0.2) is 43.3 Å². The molecular formula is C14H20N2O2. The second-order valence-corrected chi connectivity index (χ2v) is 4.49. The van der Waals surface area contributed by atoms with Crippen LogP contribution in [0.5, 0.6) is 0 Å². The van der Waals surface area contributed by atoms with Crippen LogP contribution in [0.1, 0.15) is 12.5 Å². The van der Waals surface area contributed by atoms with Crippen molar-refractivity contribution in [3.63, 3.8) is 0 Å². The quantitative estimate of drug-likeness (QED) is 0.884. The topological polar surface area (TPSA) is 41.6 Å². The van der Waals surface area contributed by atoms with Gasteiger partial charge in [-0.2, -0.15) is 0 Å². The van der Waals surface area contributed by atoms with Gasteiger partial charge in [-0.3, -0.25) is 0 Å². The van der Waals surface area contributed by atoms with Gasteiger partial charge in [-0.1, -0.05) is 30.3 Å². The van der Waals surface area contributed by atoms with Gasteiger partial charge in [0.15, 0.2) is 0 Å². The van der Waals surface area contributed by atoms with Gasteiger partial charge in [-0.15, -0.1) is 0 Å². The number of piperazine rings is 1.